The Morgan fingerprint density at radius 3 is 2.68 bits per heavy atom. The predicted molar refractivity (Wildman–Crippen MR) is 78.7 cm³/mol. The van der Waals surface area contributed by atoms with Crippen molar-refractivity contribution in [3.05, 3.63) is 28.8 Å². The summed E-state index contributed by atoms with van der Waals surface area (Å²) in [5.74, 6) is 1.96. The van der Waals surface area contributed by atoms with Gasteiger partial charge in [0.05, 0.1) is 6.61 Å². The number of ether oxygens (including phenoxy) is 1. The van der Waals surface area contributed by atoms with Gasteiger partial charge in [0.1, 0.15) is 5.75 Å². The highest BCUT2D eigenvalue weighted by Crippen LogP contribution is 2.36. The Morgan fingerprint density at radius 2 is 2.00 bits per heavy atom. The van der Waals surface area contributed by atoms with Gasteiger partial charge in [0.2, 0.25) is 0 Å². The fraction of sp³-hybridized carbons (Fsp3) is 0.647. The standard InChI is InChI=1S/C17H25NO/c1-12-9-13(2)17(19-11-14-6-7-14)15(10-12)16-5-3-4-8-18-16/h9-10,14,16,18H,3-8,11H2,1-2H3. The summed E-state index contributed by atoms with van der Waals surface area (Å²) < 4.78 is 6.16. The van der Waals surface area contributed by atoms with E-state index in [1.54, 1.807) is 0 Å². The van der Waals surface area contributed by atoms with E-state index in [1.165, 1.54) is 48.8 Å². The van der Waals surface area contributed by atoms with Crippen molar-refractivity contribution in [2.24, 2.45) is 5.92 Å². The summed E-state index contributed by atoms with van der Waals surface area (Å²) in [5, 5.41) is 3.65. The molecule has 1 saturated heterocycles. The average molecular weight is 259 g/mol. The smallest absolute Gasteiger partial charge is 0.126 e. The molecular weight excluding hydrogens is 234 g/mol. The Balaban J connectivity index is 1.85. The quantitative estimate of drug-likeness (QED) is 0.885. The van der Waals surface area contributed by atoms with Crippen molar-refractivity contribution in [3.8, 4) is 5.75 Å². The molecule has 0 bridgehead atoms. The van der Waals surface area contributed by atoms with Crippen LogP contribution in [0.15, 0.2) is 12.1 Å². The number of rotatable bonds is 4. The lowest BCUT2D eigenvalue weighted by Crippen LogP contribution is -2.27. The summed E-state index contributed by atoms with van der Waals surface area (Å²) >= 11 is 0. The van der Waals surface area contributed by atoms with Gasteiger partial charge in [-0.25, -0.2) is 0 Å². The minimum atomic E-state index is 0.488. The number of hydrogen-bond donors (Lipinski definition) is 1. The third kappa shape index (κ3) is 3.11. The first-order chi connectivity index (χ1) is 9.24. The van der Waals surface area contributed by atoms with Gasteiger partial charge in [-0.15, -0.1) is 0 Å². The van der Waals surface area contributed by atoms with Crippen LogP contribution in [0, 0.1) is 19.8 Å². The van der Waals surface area contributed by atoms with Crippen LogP contribution >= 0.6 is 0 Å². The van der Waals surface area contributed by atoms with Crippen molar-refractivity contribution in [1.82, 2.24) is 5.32 Å². The molecule has 1 aliphatic carbocycles. The summed E-state index contributed by atoms with van der Waals surface area (Å²) in [5.41, 5.74) is 4.03. The number of nitrogens with one attached hydrogen (secondary N) is 1. The molecule has 0 radical (unpaired) electrons. The molecule has 0 aromatic heterocycles. The van der Waals surface area contributed by atoms with E-state index in [1.807, 2.05) is 0 Å². The van der Waals surface area contributed by atoms with E-state index in [4.69, 9.17) is 4.74 Å². The fourth-order valence-corrected chi connectivity index (χ4v) is 3.05. The summed E-state index contributed by atoms with van der Waals surface area (Å²) in [6.45, 7) is 6.41. The van der Waals surface area contributed by atoms with E-state index in [0.29, 0.717) is 6.04 Å². The molecule has 1 atom stereocenters. The zero-order chi connectivity index (χ0) is 13.2. The largest absolute Gasteiger partial charge is 0.493 e. The third-order valence-corrected chi connectivity index (χ3v) is 4.29. The van der Waals surface area contributed by atoms with E-state index >= 15 is 0 Å². The second-order valence-electron chi connectivity index (χ2n) is 6.26. The van der Waals surface area contributed by atoms with E-state index in [0.717, 1.165) is 24.8 Å². The van der Waals surface area contributed by atoms with Crippen molar-refractivity contribution in [2.45, 2.75) is 52.0 Å². The molecule has 3 rings (SSSR count). The molecule has 104 valence electrons. The second-order valence-corrected chi connectivity index (χ2v) is 6.26. The fourth-order valence-electron chi connectivity index (χ4n) is 3.05. The van der Waals surface area contributed by atoms with E-state index < -0.39 is 0 Å². The Hall–Kier alpha value is -1.02. The van der Waals surface area contributed by atoms with Crippen molar-refractivity contribution >= 4 is 0 Å². The topological polar surface area (TPSA) is 21.3 Å². The van der Waals surface area contributed by atoms with Gasteiger partial charge in [0, 0.05) is 11.6 Å². The van der Waals surface area contributed by atoms with Crippen LogP contribution in [0.5, 0.6) is 5.75 Å². The number of aryl methyl sites for hydroxylation is 2. The summed E-state index contributed by atoms with van der Waals surface area (Å²) in [7, 11) is 0. The lowest BCUT2D eigenvalue weighted by Gasteiger charge is -2.27. The van der Waals surface area contributed by atoms with Gasteiger partial charge in [0.25, 0.3) is 0 Å². The normalized spacial score (nSPS) is 23.4. The first-order valence-electron chi connectivity index (χ1n) is 7.71. The third-order valence-electron chi connectivity index (χ3n) is 4.29. The van der Waals surface area contributed by atoms with Gasteiger partial charge in [-0.1, -0.05) is 24.1 Å². The van der Waals surface area contributed by atoms with Gasteiger partial charge < -0.3 is 10.1 Å². The molecule has 2 aliphatic rings. The number of hydrogen-bond acceptors (Lipinski definition) is 2. The lowest BCUT2D eigenvalue weighted by molar-refractivity contribution is 0.287. The molecule has 2 fully saturated rings. The maximum Gasteiger partial charge on any atom is 0.126 e. The number of benzene rings is 1. The Labute approximate surface area is 116 Å². The molecule has 1 unspecified atom stereocenters. The van der Waals surface area contributed by atoms with Crippen LogP contribution in [0.3, 0.4) is 0 Å². The van der Waals surface area contributed by atoms with Crippen molar-refractivity contribution in [1.29, 1.82) is 0 Å². The molecule has 1 N–H and O–H groups in total. The van der Waals surface area contributed by atoms with Crippen LogP contribution < -0.4 is 10.1 Å². The van der Waals surface area contributed by atoms with Crippen molar-refractivity contribution in [3.63, 3.8) is 0 Å². The summed E-state index contributed by atoms with van der Waals surface area (Å²) in [6, 6.07) is 5.05. The maximum absolute atomic E-state index is 6.16. The molecule has 1 saturated carbocycles. The molecule has 1 aromatic carbocycles. The molecule has 0 spiro atoms. The summed E-state index contributed by atoms with van der Waals surface area (Å²) in [4.78, 5) is 0. The highest BCUT2D eigenvalue weighted by Gasteiger charge is 2.25. The van der Waals surface area contributed by atoms with Crippen LogP contribution in [0.4, 0.5) is 0 Å². The minimum absolute atomic E-state index is 0.488. The van der Waals surface area contributed by atoms with Crippen LogP contribution in [-0.2, 0) is 0 Å². The van der Waals surface area contributed by atoms with Gasteiger partial charge in [-0.05, 0) is 57.6 Å². The van der Waals surface area contributed by atoms with E-state index in [-0.39, 0.29) is 0 Å². The first kappa shape index (κ1) is 13.0. The van der Waals surface area contributed by atoms with Gasteiger partial charge in [-0.2, -0.15) is 0 Å². The van der Waals surface area contributed by atoms with Gasteiger partial charge in [-0.3, -0.25) is 0 Å². The summed E-state index contributed by atoms with van der Waals surface area (Å²) in [6.07, 6.45) is 6.57. The molecule has 0 amide bonds. The molecule has 2 nitrogen and oxygen atoms in total. The monoisotopic (exact) mass is 259 g/mol. The molecule has 2 heteroatoms. The molecule has 19 heavy (non-hydrogen) atoms. The van der Waals surface area contributed by atoms with E-state index in [9.17, 15) is 0 Å². The van der Waals surface area contributed by atoms with Crippen molar-refractivity contribution in [2.75, 3.05) is 13.2 Å². The highest BCUT2D eigenvalue weighted by atomic mass is 16.5. The zero-order valence-corrected chi connectivity index (χ0v) is 12.2. The first-order valence-corrected chi connectivity index (χ1v) is 7.71. The lowest BCUT2D eigenvalue weighted by atomic mass is 9.93. The highest BCUT2D eigenvalue weighted by molar-refractivity contribution is 5.45. The van der Waals surface area contributed by atoms with E-state index in [2.05, 4.69) is 31.3 Å². The SMILES string of the molecule is Cc1cc(C)c(OCC2CC2)c(C2CCCCN2)c1. The van der Waals surface area contributed by atoms with Crippen LogP contribution in [-0.4, -0.2) is 13.2 Å². The van der Waals surface area contributed by atoms with Crippen LogP contribution in [0.25, 0.3) is 0 Å². The molecule has 1 heterocycles. The van der Waals surface area contributed by atoms with Gasteiger partial charge in [0.15, 0.2) is 0 Å². The minimum Gasteiger partial charge on any atom is -0.493 e. The zero-order valence-electron chi connectivity index (χ0n) is 12.2. The van der Waals surface area contributed by atoms with Crippen LogP contribution in [0.2, 0.25) is 0 Å². The molecular formula is C17H25NO. The average Bonchev–Trinajstić information content (AvgIpc) is 3.22. The van der Waals surface area contributed by atoms with Gasteiger partial charge >= 0.3 is 0 Å². The van der Waals surface area contributed by atoms with Crippen LogP contribution in [0.1, 0.15) is 54.8 Å². The Kier molecular flexibility index (Phi) is 3.79. The Bertz CT molecular complexity index is 445. The second kappa shape index (κ2) is 5.54. The number of piperidine rings is 1. The van der Waals surface area contributed by atoms with Crippen molar-refractivity contribution < 1.29 is 4.74 Å². The maximum atomic E-state index is 6.16. The molecule has 1 aliphatic heterocycles. The predicted octanol–water partition coefficient (Wildman–Crippen LogP) is 3.91. The Morgan fingerprint density at radius 1 is 1.16 bits per heavy atom. The molecule has 1 aromatic rings.